The van der Waals surface area contributed by atoms with Gasteiger partial charge in [-0.1, -0.05) is 6.07 Å². The van der Waals surface area contributed by atoms with Crippen LogP contribution in [0, 0.1) is 0 Å². The Morgan fingerprint density at radius 3 is 1.44 bits per heavy atom. The lowest BCUT2D eigenvalue weighted by molar-refractivity contribution is 0.476. The van der Waals surface area contributed by atoms with Crippen molar-refractivity contribution in [1.29, 1.82) is 0 Å². The van der Waals surface area contributed by atoms with Crippen molar-refractivity contribution in [2.75, 3.05) is 0 Å². The smallest absolute Gasteiger partial charge is 0.295 e. The number of rotatable bonds is 7. The molecule has 0 aromatic heterocycles. The molecule has 0 aliphatic heterocycles. The molecule has 0 radical (unpaired) electrons. The van der Waals surface area contributed by atoms with Gasteiger partial charge >= 0.3 is 0 Å². The van der Waals surface area contributed by atoms with Crippen LogP contribution in [-0.4, -0.2) is 44.0 Å². The normalized spacial score (nSPS) is 13.0. The molecule has 4 aromatic carbocycles. The van der Waals surface area contributed by atoms with Gasteiger partial charge in [-0.25, -0.2) is 0 Å². The average Bonchev–Trinajstić information content (AvgIpc) is 2.85. The molecule has 0 aliphatic carbocycles. The van der Waals surface area contributed by atoms with Gasteiger partial charge in [0.1, 0.15) is 16.3 Å². The molecular formula is C22H16N4O10S3. The molecule has 0 atom stereocenters. The quantitative estimate of drug-likeness (QED) is 0.163. The maximum atomic E-state index is 12.0. The molecule has 0 heterocycles. The molecule has 0 aliphatic rings. The number of benzene rings is 4. The molecule has 4 rings (SSSR count). The molecule has 0 saturated heterocycles. The van der Waals surface area contributed by atoms with Crippen molar-refractivity contribution in [1.82, 2.24) is 0 Å². The number of azo groups is 2. The van der Waals surface area contributed by atoms with Gasteiger partial charge in [0.2, 0.25) is 0 Å². The van der Waals surface area contributed by atoms with E-state index < -0.39 is 45.9 Å². The number of fused-ring (bicyclic) bond motifs is 1. The molecule has 0 saturated carbocycles. The number of hydrogen-bond acceptors (Lipinski definition) is 11. The highest BCUT2D eigenvalue weighted by atomic mass is 32.2. The van der Waals surface area contributed by atoms with E-state index in [9.17, 15) is 39.5 Å². The summed E-state index contributed by atoms with van der Waals surface area (Å²) in [7, 11) is -14.2. The van der Waals surface area contributed by atoms with Gasteiger partial charge in [-0.3, -0.25) is 13.7 Å². The summed E-state index contributed by atoms with van der Waals surface area (Å²) in [5.41, 5.74) is 0.515. The van der Waals surface area contributed by atoms with E-state index >= 15 is 0 Å². The largest absolute Gasteiger partial charge is 0.506 e. The van der Waals surface area contributed by atoms with E-state index in [0.29, 0.717) is 17.4 Å². The third-order valence-corrected chi connectivity index (χ3v) is 7.69. The van der Waals surface area contributed by atoms with Gasteiger partial charge in [0.25, 0.3) is 30.4 Å². The fourth-order valence-corrected chi connectivity index (χ4v) is 5.16. The predicted octanol–water partition coefficient (Wildman–Crippen LogP) is 5.12. The number of phenolic OH excluding ortho intramolecular Hbond substituents is 1. The van der Waals surface area contributed by atoms with Crippen LogP contribution in [0.3, 0.4) is 0 Å². The summed E-state index contributed by atoms with van der Waals surface area (Å²) < 4.78 is 97.3. The fourth-order valence-electron chi connectivity index (χ4n) is 3.32. The summed E-state index contributed by atoms with van der Waals surface area (Å²) in [6, 6.07) is 14.6. The minimum absolute atomic E-state index is 0.0788. The Morgan fingerprint density at radius 2 is 0.974 bits per heavy atom. The first-order valence-electron chi connectivity index (χ1n) is 10.4. The highest BCUT2D eigenvalue weighted by molar-refractivity contribution is 7.87. The number of phenols is 1. The third-order valence-electron chi connectivity index (χ3n) is 5.11. The first-order chi connectivity index (χ1) is 18.1. The maximum Gasteiger partial charge on any atom is 0.295 e. The molecule has 4 N–H and O–H groups in total. The molecule has 4 aromatic rings. The van der Waals surface area contributed by atoms with Crippen LogP contribution in [0.25, 0.3) is 10.8 Å². The van der Waals surface area contributed by atoms with Crippen LogP contribution in [0.1, 0.15) is 0 Å². The van der Waals surface area contributed by atoms with E-state index in [-0.39, 0.29) is 27.0 Å². The van der Waals surface area contributed by atoms with Crippen molar-refractivity contribution < 1.29 is 44.0 Å². The van der Waals surface area contributed by atoms with Crippen LogP contribution < -0.4 is 0 Å². The van der Waals surface area contributed by atoms with Crippen LogP contribution in [0.5, 0.6) is 5.75 Å². The molecular weight excluding hydrogens is 576 g/mol. The average molecular weight is 593 g/mol. The summed E-state index contributed by atoms with van der Waals surface area (Å²) in [6.07, 6.45) is 0. The Hall–Kier alpha value is -4.13. The van der Waals surface area contributed by atoms with Gasteiger partial charge in [-0.05, 0) is 72.1 Å². The van der Waals surface area contributed by atoms with E-state index in [1.54, 1.807) is 0 Å². The summed E-state index contributed by atoms with van der Waals surface area (Å²) >= 11 is 0. The lowest BCUT2D eigenvalue weighted by Crippen LogP contribution is -2.04. The van der Waals surface area contributed by atoms with Crippen LogP contribution in [0.2, 0.25) is 0 Å². The lowest BCUT2D eigenvalue weighted by atomic mass is 10.1. The monoisotopic (exact) mass is 592 g/mol. The Morgan fingerprint density at radius 1 is 0.513 bits per heavy atom. The number of nitrogens with zero attached hydrogens (tertiary/aromatic N) is 4. The molecule has 17 heteroatoms. The first kappa shape index (κ1) is 27.9. The van der Waals surface area contributed by atoms with Crippen LogP contribution in [0.15, 0.2) is 108 Å². The van der Waals surface area contributed by atoms with E-state index in [2.05, 4.69) is 20.5 Å². The van der Waals surface area contributed by atoms with Crippen LogP contribution >= 0.6 is 0 Å². The van der Waals surface area contributed by atoms with Gasteiger partial charge in [0.05, 0.1) is 26.9 Å². The molecule has 0 unspecified atom stereocenters. The molecule has 39 heavy (non-hydrogen) atoms. The minimum atomic E-state index is -5.03. The zero-order valence-corrected chi connectivity index (χ0v) is 21.6. The second-order valence-corrected chi connectivity index (χ2v) is 12.0. The Bertz CT molecular complexity index is 1970. The zero-order chi connectivity index (χ0) is 28.6. The Labute approximate surface area is 221 Å². The van der Waals surface area contributed by atoms with E-state index in [1.807, 2.05) is 0 Å². The Kier molecular flexibility index (Phi) is 7.30. The van der Waals surface area contributed by atoms with Gasteiger partial charge in [0, 0.05) is 5.39 Å². The second kappa shape index (κ2) is 10.2. The summed E-state index contributed by atoms with van der Waals surface area (Å²) in [5.74, 6) is -0.527. The lowest BCUT2D eigenvalue weighted by Gasteiger charge is -2.10. The predicted molar refractivity (Wildman–Crippen MR) is 136 cm³/mol. The zero-order valence-electron chi connectivity index (χ0n) is 19.2. The van der Waals surface area contributed by atoms with Crippen molar-refractivity contribution in [2.24, 2.45) is 20.5 Å². The molecule has 0 amide bonds. The van der Waals surface area contributed by atoms with Gasteiger partial charge in [-0.15, -0.1) is 5.11 Å². The van der Waals surface area contributed by atoms with Gasteiger partial charge in [0.15, 0.2) is 0 Å². The highest BCUT2D eigenvalue weighted by Gasteiger charge is 2.24. The molecule has 0 fully saturated rings. The van der Waals surface area contributed by atoms with Crippen molar-refractivity contribution in [3.63, 3.8) is 0 Å². The van der Waals surface area contributed by atoms with Crippen molar-refractivity contribution in [3.8, 4) is 5.75 Å². The summed E-state index contributed by atoms with van der Waals surface area (Å²) in [6.45, 7) is 0. The highest BCUT2D eigenvalue weighted by Crippen LogP contribution is 2.41. The van der Waals surface area contributed by atoms with Crippen molar-refractivity contribution >= 4 is 63.9 Å². The molecule has 0 spiro atoms. The first-order valence-corrected chi connectivity index (χ1v) is 14.7. The summed E-state index contributed by atoms with van der Waals surface area (Å²) in [5, 5.41) is 25.7. The van der Waals surface area contributed by atoms with Gasteiger partial charge in [-0.2, -0.15) is 40.6 Å². The van der Waals surface area contributed by atoms with E-state index in [1.165, 1.54) is 42.5 Å². The van der Waals surface area contributed by atoms with E-state index in [0.717, 1.165) is 24.3 Å². The third kappa shape index (κ3) is 6.48. The molecule has 14 nitrogen and oxygen atoms in total. The van der Waals surface area contributed by atoms with Crippen LogP contribution in [-0.2, 0) is 30.4 Å². The molecule has 0 bridgehead atoms. The molecule has 202 valence electrons. The second-order valence-electron chi connectivity index (χ2n) is 7.79. The van der Waals surface area contributed by atoms with Crippen molar-refractivity contribution in [3.05, 3.63) is 72.8 Å². The van der Waals surface area contributed by atoms with Crippen molar-refractivity contribution in [2.45, 2.75) is 14.7 Å². The maximum absolute atomic E-state index is 12.0. The topological polar surface area (TPSA) is 233 Å². The standard InChI is InChI=1S/C22H16N4O10S3/c27-19-10-1-13-11-18(38(31,32)33)12-20(39(34,35)36)21(13)22(19)26-25-15-4-2-14(3-5-15)23-24-16-6-8-17(9-7-16)37(28,29)30/h1-12,27H,(H,28,29,30)(H,31,32,33)(H,34,35,36). The SMILES string of the molecule is O=S(=O)(O)c1ccc(N=Nc2ccc(N=Nc3c(O)ccc4cc(S(=O)(=O)O)cc(S(=O)(=O)O)c34)cc2)cc1. The fraction of sp³-hybridized carbons (Fsp3) is 0. The summed E-state index contributed by atoms with van der Waals surface area (Å²) in [4.78, 5) is -2.01. The number of hydrogen-bond donors (Lipinski definition) is 4. The van der Waals surface area contributed by atoms with Crippen LogP contribution in [0.4, 0.5) is 22.7 Å². The number of aromatic hydroxyl groups is 1. The van der Waals surface area contributed by atoms with Gasteiger partial charge < -0.3 is 5.11 Å². The minimum Gasteiger partial charge on any atom is -0.506 e. The van der Waals surface area contributed by atoms with E-state index in [4.69, 9.17) is 4.55 Å². The Balaban J connectivity index is 1.66.